The van der Waals surface area contributed by atoms with Crippen LogP contribution < -0.4 is 5.43 Å². The van der Waals surface area contributed by atoms with Crippen LogP contribution in [-0.4, -0.2) is 11.6 Å². The Balaban J connectivity index is 1.60. The molecular formula is C15H20N2OS. The molecule has 0 aromatic carbocycles. The van der Waals surface area contributed by atoms with E-state index < -0.39 is 0 Å². The lowest BCUT2D eigenvalue weighted by atomic mass is 9.99. The molecule has 1 heterocycles. The van der Waals surface area contributed by atoms with Crippen molar-refractivity contribution in [1.29, 1.82) is 0 Å². The lowest BCUT2D eigenvalue weighted by Crippen LogP contribution is -2.21. The highest BCUT2D eigenvalue weighted by atomic mass is 32.1. The van der Waals surface area contributed by atoms with Gasteiger partial charge in [-0.1, -0.05) is 13.3 Å². The summed E-state index contributed by atoms with van der Waals surface area (Å²) >= 11 is 1.66. The van der Waals surface area contributed by atoms with Gasteiger partial charge in [-0.3, -0.25) is 4.79 Å². The van der Waals surface area contributed by atoms with Gasteiger partial charge in [-0.05, 0) is 50.0 Å². The van der Waals surface area contributed by atoms with Gasteiger partial charge in [-0.2, -0.15) is 5.10 Å². The van der Waals surface area contributed by atoms with Gasteiger partial charge in [0.2, 0.25) is 0 Å². The van der Waals surface area contributed by atoms with Crippen molar-refractivity contribution in [3.63, 3.8) is 0 Å². The number of aryl methyl sites for hydroxylation is 1. The van der Waals surface area contributed by atoms with Crippen molar-refractivity contribution >= 4 is 23.0 Å². The van der Waals surface area contributed by atoms with Crippen molar-refractivity contribution in [2.75, 3.05) is 0 Å². The number of amides is 1. The largest absolute Gasteiger partial charge is 0.272 e. The van der Waals surface area contributed by atoms with Crippen LogP contribution in [0.1, 0.15) is 54.3 Å². The summed E-state index contributed by atoms with van der Waals surface area (Å²) in [5.74, 6) is 1.41. The summed E-state index contributed by atoms with van der Waals surface area (Å²) in [6.07, 6.45) is 7.16. The molecule has 0 radical (unpaired) electrons. The van der Waals surface area contributed by atoms with Crippen LogP contribution >= 0.6 is 11.3 Å². The van der Waals surface area contributed by atoms with E-state index in [2.05, 4.69) is 17.5 Å². The zero-order chi connectivity index (χ0) is 13.2. The molecule has 0 spiro atoms. The van der Waals surface area contributed by atoms with E-state index in [0.29, 0.717) is 5.92 Å². The van der Waals surface area contributed by atoms with Crippen molar-refractivity contribution in [1.82, 2.24) is 5.43 Å². The molecule has 2 bridgehead atoms. The zero-order valence-corrected chi connectivity index (χ0v) is 12.1. The van der Waals surface area contributed by atoms with E-state index in [1.807, 2.05) is 11.4 Å². The fraction of sp³-hybridized carbons (Fsp3) is 0.600. The molecule has 1 N–H and O–H groups in total. The van der Waals surface area contributed by atoms with Crippen LogP contribution in [0.15, 0.2) is 16.5 Å². The second-order valence-corrected chi connectivity index (χ2v) is 6.67. The van der Waals surface area contributed by atoms with Crippen LogP contribution in [0.4, 0.5) is 0 Å². The molecule has 2 aliphatic rings. The Morgan fingerprint density at radius 1 is 1.53 bits per heavy atom. The third-order valence-corrected chi connectivity index (χ3v) is 5.22. The highest BCUT2D eigenvalue weighted by Gasteiger charge is 2.36. The van der Waals surface area contributed by atoms with Gasteiger partial charge in [0.1, 0.15) is 0 Å². The predicted octanol–water partition coefficient (Wildman–Crippen LogP) is 3.61. The van der Waals surface area contributed by atoms with E-state index in [9.17, 15) is 4.79 Å². The minimum atomic E-state index is -0.0612. The predicted molar refractivity (Wildman–Crippen MR) is 78.7 cm³/mol. The van der Waals surface area contributed by atoms with Crippen molar-refractivity contribution in [2.45, 2.75) is 45.4 Å². The molecule has 3 rings (SSSR count). The summed E-state index contributed by atoms with van der Waals surface area (Å²) in [5, 5.41) is 6.29. The number of nitrogens with one attached hydrogen (secondary N) is 1. The fourth-order valence-corrected chi connectivity index (χ4v) is 4.20. The molecule has 0 aliphatic heterocycles. The topological polar surface area (TPSA) is 41.5 Å². The van der Waals surface area contributed by atoms with Crippen molar-refractivity contribution in [2.24, 2.45) is 16.9 Å². The van der Waals surface area contributed by atoms with Gasteiger partial charge in [-0.25, -0.2) is 5.43 Å². The normalized spacial score (nSPS) is 27.1. The Bertz CT molecular complexity index is 506. The number of nitrogens with zero attached hydrogens (tertiary/aromatic N) is 1. The van der Waals surface area contributed by atoms with Crippen molar-refractivity contribution in [3.05, 3.63) is 21.9 Å². The van der Waals surface area contributed by atoms with Gasteiger partial charge in [0.25, 0.3) is 5.91 Å². The van der Waals surface area contributed by atoms with E-state index in [4.69, 9.17) is 0 Å². The number of carbonyl (C=O) groups is 1. The second kappa shape index (κ2) is 5.45. The van der Waals surface area contributed by atoms with Crippen LogP contribution in [-0.2, 0) is 6.42 Å². The number of thiophene rings is 1. The molecule has 0 saturated heterocycles. The summed E-state index contributed by atoms with van der Waals surface area (Å²) in [7, 11) is 0. The summed E-state index contributed by atoms with van der Waals surface area (Å²) in [6, 6.07) is 1.99. The average Bonchev–Trinajstić information content (AvgIpc) is 3.12. The highest BCUT2D eigenvalue weighted by molar-refractivity contribution is 7.10. The SMILES string of the molecule is CCCc1cc(C(=O)N/N=C2/C[C@@H]3CC[C@H]2C3)cs1. The summed E-state index contributed by atoms with van der Waals surface area (Å²) < 4.78 is 0. The molecule has 4 heteroatoms. The lowest BCUT2D eigenvalue weighted by Gasteiger charge is -2.11. The van der Waals surface area contributed by atoms with E-state index in [1.54, 1.807) is 11.3 Å². The van der Waals surface area contributed by atoms with Gasteiger partial charge in [0, 0.05) is 16.0 Å². The Labute approximate surface area is 118 Å². The van der Waals surface area contributed by atoms with Crippen LogP contribution in [0.2, 0.25) is 0 Å². The van der Waals surface area contributed by atoms with Gasteiger partial charge in [0.15, 0.2) is 0 Å². The van der Waals surface area contributed by atoms with E-state index in [1.165, 1.54) is 29.9 Å². The maximum absolute atomic E-state index is 12.0. The third kappa shape index (κ3) is 2.73. The Morgan fingerprint density at radius 3 is 3.11 bits per heavy atom. The average molecular weight is 276 g/mol. The Kier molecular flexibility index (Phi) is 3.69. The summed E-state index contributed by atoms with van der Waals surface area (Å²) in [4.78, 5) is 13.3. The number of hydrogen-bond acceptors (Lipinski definition) is 3. The second-order valence-electron chi connectivity index (χ2n) is 5.68. The molecule has 1 amide bonds. The van der Waals surface area contributed by atoms with Gasteiger partial charge in [0.05, 0.1) is 5.56 Å². The van der Waals surface area contributed by atoms with Gasteiger partial charge < -0.3 is 0 Å². The molecule has 2 atom stereocenters. The Hall–Kier alpha value is -1.16. The molecule has 1 aromatic heterocycles. The molecule has 2 saturated carbocycles. The summed E-state index contributed by atoms with van der Waals surface area (Å²) in [5.41, 5.74) is 4.70. The summed E-state index contributed by atoms with van der Waals surface area (Å²) in [6.45, 7) is 2.15. The van der Waals surface area contributed by atoms with Crippen LogP contribution in [0.3, 0.4) is 0 Å². The molecule has 19 heavy (non-hydrogen) atoms. The number of hydrazone groups is 1. The molecule has 1 aromatic rings. The number of fused-ring (bicyclic) bond motifs is 2. The standard InChI is InChI=1S/C15H20N2OS/c1-2-3-13-8-12(9-19-13)15(18)17-16-14-7-10-4-5-11(14)6-10/h8-11H,2-7H2,1H3,(H,17,18)/b16-14-/t10-,11+/m1/s1. The quantitative estimate of drug-likeness (QED) is 0.839. The minimum Gasteiger partial charge on any atom is -0.267 e. The monoisotopic (exact) mass is 276 g/mol. The zero-order valence-electron chi connectivity index (χ0n) is 11.3. The highest BCUT2D eigenvalue weighted by Crippen LogP contribution is 2.42. The molecule has 2 fully saturated rings. The first-order valence-corrected chi connectivity index (χ1v) is 8.08. The van der Waals surface area contributed by atoms with E-state index >= 15 is 0 Å². The van der Waals surface area contributed by atoms with Gasteiger partial charge >= 0.3 is 0 Å². The van der Waals surface area contributed by atoms with E-state index in [-0.39, 0.29) is 5.91 Å². The first-order chi connectivity index (χ1) is 9.26. The van der Waals surface area contributed by atoms with Gasteiger partial charge in [-0.15, -0.1) is 11.3 Å². The van der Waals surface area contributed by atoms with Crippen LogP contribution in [0, 0.1) is 11.8 Å². The molecular weight excluding hydrogens is 256 g/mol. The first kappa shape index (κ1) is 12.9. The molecule has 102 valence electrons. The van der Waals surface area contributed by atoms with E-state index in [0.717, 1.165) is 30.7 Å². The Morgan fingerprint density at radius 2 is 2.42 bits per heavy atom. The van der Waals surface area contributed by atoms with Crippen molar-refractivity contribution < 1.29 is 4.79 Å². The molecule has 3 nitrogen and oxygen atoms in total. The first-order valence-electron chi connectivity index (χ1n) is 7.20. The third-order valence-electron chi connectivity index (χ3n) is 4.22. The van der Waals surface area contributed by atoms with Crippen LogP contribution in [0.25, 0.3) is 0 Å². The number of hydrogen-bond donors (Lipinski definition) is 1. The van der Waals surface area contributed by atoms with Crippen molar-refractivity contribution in [3.8, 4) is 0 Å². The fourth-order valence-electron chi connectivity index (χ4n) is 3.23. The number of carbonyl (C=O) groups excluding carboxylic acids is 1. The minimum absolute atomic E-state index is 0.0612. The maximum Gasteiger partial charge on any atom is 0.272 e. The number of rotatable bonds is 4. The molecule has 0 unspecified atom stereocenters. The smallest absolute Gasteiger partial charge is 0.267 e. The molecule has 2 aliphatic carbocycles. The van der Waals surface area contributed by atoms with Crippen LogP contribution in [0.5, 0.6) is 0 Å². The maximum atomic E-state index is 12.0. The lowest BCUT2D eigenvalue weighted by molar-refractivity contribution is 0.0955.